The van der Waals surface area contributed by atoms with E-state index >= 15 is 0 Å². The number of hydrogen-bond donors (Lipinski definition) is 5. The van der Waals surface area contributed by atoms with Crippen molar-refractivity contribution in [1.29, 1.82) is 0 Å². The Morgan fingerprint density at radius 2 is 1.59 bits per heavy atom. The van der Waals surface area contributed by atoms with Gasteiger partial charge in [-0.25, -0.2) is 5.10 Å². The van der Waals surface area contributed by atoms with Crippen molar-refractivity contribution in [2.24, 2.45) is 17.6 Å². The highest BCUT2D eigenvalue weighted by Gasteiger charge is 2.30. The van der Waals surface area contributed by atoms with Gasteiger partial charge in [-0.15, -0.1) is 17.5 Å². The Hall–Kier alpha value is -4.65. The maximum atomic E-state index is 13.7. The number of tetrazole rings is 1. The van der Waals surface area contributed by atoms with Gasteiger partial charge in [-0.05, 0) is 153 Å². The van der Waals surface area contributed by atoms with Crippen molar-refractivity contribution >= 4 is 35.8 Å². The average molecular weight is 756 g/mol. The largest absolute Gasteiger partial charge is 0.349 e. The number of amides is 3. The Balaban J connectivity index is 0.00000561. The topological polar surface area (TPSA) is 171 Å². The smallest absolute Gasteiger partial charge is 0.251 e. The van der Waals surface area contributed by atoms with Gasteiger partial charge in [0.2, 0.25) is 11.8 Å². The van der Waals surface area contributed by atoms with E-state index in [2.05, 4.69) is 55.4 Å². The first kappa shape index (κ1) is 40.5. The Labute approximate surface area is 324 Å². The third-order valence-electron chi connectivity index (χ3n) is 11.3. The van der Waals surface area contributed by atoms with E-state index in [1.165, 1.54) is 0 Å². The molecule has 1 atom stereocenters. The van der Waals surface area contributed by atoms with Crippen LogP contribution in [0.2, 0.25) is 0 Å². The zero-order valence-corrected chi connectivity index (χ0v) is 32.3. The van der Waals surface area contributed by atoms with Crippen LogP contribution in [0.1, 0.15) is 79.8 Å². The summed E-state index contributed by atoms with van der Waals surface area (Å²) in [7, 11) is 2.18. The van der Waals surface area contributed by atoms with Crippen LogP contribution < -0.4 is 21.7 Å². The molecule has 12 nitrogen and oxygen atoms in total. The second kappa shape index (κ2) is 19.1. The number of H-pyrrole nitrogens is 1. The summed E-state index contributed by atoms with van der Waals surface area (Å²) < 4.78 is 0. The number of carbonyl (C=O) groups is 3. The molecule has 0 aliphatic heterocycles. The van der Waals surface area contributed by atoms with Crippen LogP contribution in [-0.4, -0.2) is 81.5 Å². The molecule has 2 saturated carbocycles. The number of aryl methyl sites for hydroxylation is 1. The Morgan fingerprint density at radius 1 is 0.907 bits per heavy atom. The molecule has 0 radical (unpaired) electrons. The number of benzene rings is 3. The lowest BCUT2D eigenvalue weighted by Crippen LogP contribution is -2.48. The number of hydrogen-bond acceptors (Lipinski definition) is 8. The fourth-order valence-electron chi connectivity index (χ4n) is 7.75. The van der Waals surface area contributed by atoms with Crippen molar-refractivity contribution in [2.45, 2.75) is 89.8 Å². The summed E-state index contributed by atoms with van der Waals surface area (Å²) in [5.41, 5.74) is 11.9. The third-order valence-corrected chi connectivity index (χ3v) is 11.3. The SMILES string of the molecule is CCN(C)C1CCC(NC(=O)c2ccc(-c3ccc(C[C@H](NC(=O)[C@H]4CC[C@H](CN)CC4)C(=O)Nc4ccc(-c5nnn[nH]5)cc4)cc3)c(C)c2)CC1.Cl. The summed E-state index contributed by atoms with van der Waals surface area (Å²) in [6.07, 6.45) is 7.92. The van der Waals surface area contributed by atoms with E-state index < -0.39 is 6.04 Å². The van der Waals surface area contributed by atoms with E-state index in [0.29, 0.717) is 42.0 Å². The van der Waals surface area contributed by atoms with Crippen LogP contribution in [0.25, 0.3) is 22.5 Å². The fraction of sp³-hybridized carbons (Fsp3) is 0.463. The van der Waals surface area contributed by atoms with Crippen LogP contribution in [0.4, 0.5) is 5.69 Å². The van der Waals surface area contributed by atoms with Crippen molar-refractivity contribution in [3.63, 3.8) is 0 Å². The maximum absolute atomic E-state index is 13.7. The first-order chi connectivity index (χ1) is 25.7. The number of nitrogens with two attached hydrogens (primary N) is 1. The van der Waals surface area contributed by atoms with E-state index in [1.807, 2.05) is 61.5 Å². The number of anilines is 1. The molecule has 6 N–H and O–H groups in total. The summed E-state index contributed by atoms with van der Waals surface area (Å²) in [5, 5.41) is 23.2. The molecule has 6 rings (SSSR count). The van der Waals surface area contributed by atoms with E-state index in [9.17, 15) is 14.4 Å². The van der Waals surface area contributed by atoms with Crippen LogP contribution in [0.3, 0.4) is 0 Å². The molecule has 0 spiro atoms. The van der Waals surface area contributed by atoms with Crippen LogP contribution in [-0.2, 0) is 16.0 Å². The molecule has 3 amide bonds. The standard InChI is InChI=1S/C41H53N9O3.ClH/c1-4-50(3)35-20-18-34(19-21-35)43-40(52)32-15-22-36(26(2)23-32)29-9-5-27(6-10-29)24-37(45-39(51)31-11-7-28(25-42)8-12-31)41(53)44-33-16-13-30(14-17-33)38-46-48-49-47-38;/h5-6,9-10,13-17,22-23,28,31,34-35,37H,4,7-8,11-12,18-21,24-25,42H2,1-3H3,(H,43,52)(H,44,53)(H,45,51)(H,46,47,48,49);1H/t28-,31-,34?,35?,37-;/m0./s1. The van der Waals surface area contributed by atoms with Gasteiger partial charge in [0.05, 0.1) is 0 Å². The number of aromatic nitrogens is 4. The normalized spacial score (nSPS) is 20.4. The molecular weight excluding hydrogens is 702 g/mol. The van der Waals surface area contributed by atoms with Gasteiger partial charge < -0.3 is 26.6 Å². The summed E-state index contributed by atoms with van der Waals surface area (Å²) in [6.45, 7) is 5.90. The lowest BCUT2D eigenvalue weighted by atomic mass is 9.81. The van der Waals surface area contributed by atoms with E-state index in [4.69, 9.17) is 5.73 Å². The van der Waals surface area contributed by atoms with Crippen LogP contribution in [0.15, 0.2) is 66.7 Å². The summed E-state index contributed by atoms with van der Waals surface area (Å²) in [4.78, 5) is 42.8. The monoisotopic (exact) mass is 755 g/mol. The molecule has 1 aromatic heterocycles. The minimum Gasteiger partial charge on any atom is -0.349 e. The third kappa shape index (κ3) is 10.3. The second-order valence-corrected chi connectivity index (χ2v) is 14.8. The van der Waals surface area contributed by atoms with Crippen LogP contribution >= 0.6 is 12.4 Å². The van der Waals surface area contributed by atoms with Gasteiger partial charge in [0.1, 0.15) is 6.04 Å². The molecule has 3 aromatic carbocycles. The van der Waals surface area contributed by atoms with Gasteiger partial charge in [-0.3, -0.25) is 14.4 Å². The first-order valence-corrected chi connectivity index (χ1v) is 19.1. The zero-order valence-electron chi connectivity index (χ0n) is 31.5. The van der Waals surface area contributed by atoms with Gasteiger partial charge in [-0.2, -0.15) is 0 Å². The molecule has 1 heterocycles. The van der Waals surface area contributed by atoms with Gasteiger partial charge in [-0.1, -0.05) is 37.3 Å². The van der Waals surface area contributed by atoms with Gasteiger partial charge in [0.15, 0.2) is 5.82 Å². The van der Waals surface area contributed by atoms with E-state index in [1.54, 1.807) is 12.1 Å². The van der Waals surface area contributed by atoms with Gasteiger partial charge in [0.25, 0.3) is 5.91 Å². The van der Waals surface area contributed by atoms with Crippen LogP contribution in [0.5, 0.6) is 0 Å². The van der Waals surface area contributed by atoms with Crippen molar-refractivity contribution in [3.05, 3.63) is 83.4 Å². The highest BCUT2D eigenvalue weighted by molar-refractivity contribution is 5.98. The quantitative estimate of drug-likeness (QED) is 0.116. The Kier molecular flexibility index (Phi) is 14.3. The van der Waals surface area contributed by atoms with Crippen molar-refractivity contribution in [1.82, 2.24) is 36.2 Å². The molecule has 2 aliphatic carbocycles. The number of halogens is 1. The minimum atomic E-state index is -0.777. The fourth-order valence-corrected chi connectivity index (χ4v) is 7.75. The van der Waals surface area contributed by atoms with E-state index in [-0.39, 0.29) is 42.1 Å². The number of rotatable bonds is 13. The Bertz CT molecular complexity index is 1820. The van der Waals surface area contributed by atoms with Crippen molar-refractivity contribution in [2.75, 3.05) is 25.5 Å². The molecule has 2 fully saturated rings. The summed E-state index contributed by atoms with van der Waals surface area (Å²) in [5.74, 6) is 0.429. The Morgan fingerprint density at radius 3 is 2.20 bits per heavy atom. The lowest BCUT2D eigenvalue weighted by molar-refractivity contribution is -0.130. The first-order valence-electron chi connectivity index (χ1n) is 19.1. The zero-order chi connectivity index (χ0) is 37.3. The number of nitrogens with one attached hydrogen (secondary N) is 4. The highest BCUT2D eigenvalue weighted by atomic mass is 35.5. The predicted octanol–water partition coefficient (Wildman–Crippen LogP) is 5.69. The summed E-state index contributed by atoms with van der Waals surface area (Å²) >= 11 is 0. The molecule has 288 valence electrons. The number of nitrogens with zero attached hydrogens (tertiary/aromatic N) is 4. The number of aromatic amines is 1. The number of carbonyl (C=O) groups excluding carboxylic acids is 3. The highest BCUT2D eigenvalue weighted by Crippen LogP contribution is 2.29. The van der Waals surface area contributed by atoms with E-state index in [0.717, 1.165) is 85.7 Å². The van der Waals surface area contributed by atoms with Gasteiger partial charge in [0, 0.05) is 41.2 Å². The molecule has 4 aromatic rings. The van der Waals surface area contributed by atoms with Crippen molar-refractivity contribution in [3.8, 4) is 22.5 Å². The van der Waals surface area contributed by atoms with Gasteiger partial charge >= 0.3 is 0 Å². The second-order valence-electron chi connectivity index (χ2n) is 14.8. The molecular formula is C41H54ClN9O3. The molecule has 0 unspecified atom stereocenters. The maximum Gasteiger partial charge on any atom is 0.251 e. The molecule has 54 heavy (non-hydrogen) atoms. The predicted molar refractivity (Wildman–Crippen MR) is 214 cm³/mol. The molecule has 2 aliphatic rings. The van der Waals surface area contributed by atoms with Crippen LogP contribution in [0, 0.1) is 18.8 Å². The molecule has 13 heteroatoms. The lowest BCUT2D eigenvalue weighted by Gasteiger charge is -2.34. The van der Waals surface area contributed by atoms with Crippen molar-refractivity contribution < 1.29 is 14.4 Å². The molecule has 0 saturated heterocycles. The molecule has 0 bridgehead atoms. The summed E-state index contributed by atoms with van der Waals surface area (Å²) in [6, 6.07) is 21.2. The minimum absolute atomic E-state index is 0. The average Bonchev–Trinajstić information content (AvgIpc) is 3.73.